The molecule has 0 fully saturated rings. The Balaban J connectivity index is 2.18. The van der Waals surface area contributed by atoms with Gasteiger partial charge in [-0.05, 0) is 35.9 Å². The van der Waals surface area contributed by atoms with Crippen molar-refractivity contribution >= 4 is 29.9 Å². The number of aliphatic carboxylic acids is 1. The van der Waals surface area contributed by atoms with E-state index in [-0.39, 0.29) is 6.16 Å². The molecule has 3 rings (SSSR count). The average Bonchev–Trinajstić information content (AvgIpc) is 2.67. The van der Waals surface area contributed by atoms with Crippen LogP contribution < -0.4 is 10.6 Å². The van der Waals surface area contributed by atoms with Crippen LogP contribution in [0.2, 0.25) is 0 Å². The third kappa shape index (κ3) is 4.04. The molecule has 3 heteroatoms. The van der Waals surface area contributed by atoms with E-state index in [0.717, 1.165) is 16.2 Å². The maximum Gasteiger partial charge on any atom is 0.342 e. The van der Waals surface area contributed by atoms with Gasteiger partial charge in [-0.15, -0.1) is 0 Å². The van der Waals surface area contributed by atoms with Gasteiger partial charge >= 0.3 is 5.97 Å². The summed E-state index contributed by atoms with van der Waals surface area (Å²) >= 11 is 0. The van der Waals surface area contributed by atoms with Crippen LogP contribution in [-0.2, 0) is 4.79 Å². The highest BCUT2D eigenvalue weighted by Gasteiger charge is 2.42. The maximum atomic E-state index is 11.8. The van der Waals surface area contributed by atoms with Crippen molar-refractivity contribution in [2.75, 3.05) is 6.16 Å². The number of carboxylic acids is 1. The molecule has 2 nitrogen and oxygen atoms in total. The van der Waals surface area contributed by atoms with Crippen LogP contribution in [0, 0.1) is 0 Å². The van der Waals surface area contributed by atoms with Gasteiger partial charge in [0.1, 0.15) is 17.9 Å². The number of carbonyl (C=O) groups is 1. The Morgan fingerprint density at radius 3 is 1.64 bits per heavy atom. The van der Waals surface area contributed by atoms with Gasteiger partial charge in [-0.1, -0.05) is 66.7 Å². The molecule has 0 saturated carbocycles. The van der Waals surface area contributed by atoms with Crippen molar-refractivity contribution in [3.05, 3.63) is 102 Å². The molecule has 0 spiro atoms. The predicted molar refractivity (Wildman–Crippen MR) is 107 cm³/mol. The topological polar surface area (TPSA) is 37.3 Å². The molecule has 0 amide bonds. The molecule has 0 aliphatic rings. The molecule has 0 heterocycles. The Morgan fingerprint density at radius 2 is 1.20 bits per heavy atom. The van der Waals surface area contributed by atoms with Crippen molar-refractivity contribution in [1.82, 2.24) is 0 Å². The Kier molecular flexibility index (Phi) is 5.42. The van der Waals surface area contributed by atoms with Crippen LogP contribution in [0.4, 0.5) is 0 Å². The van der Waals surface area contributed by atoms with Gasteiger partial charge in [0.25, 0.3) is 0 Å². The lowest BCUT2D eigenvalue weighted by Gasteiger charge is -2.22. The highest BCUT2D eigenvalue weighted by atomic mass is 31.2. The van der Waals surface area contributed by atoms with Crippen LogP contribution >= 0.6 is 7.26 Å². The summed E-state index contributed by atoms with van der Waals surface area (Å²) in [5, 5.41) is 11.8. The summed E-state index contributed by atoms with van der Waals surface area (Å²) in [6.07, 6.45) is 2.15. The molecular formula is C22H20O2P+. The predicted octanol–water partition coefficient (Wildman–Crippen LogP) is 4.41. The van der Waals surface area contributed by atoms with E-state index < -0.39 is 13.2 Å². The third-order valence-electron chi connectivity index (χ3n) is 4.14. The Bertz CT molecular complexity index is 803. The molecule has 124 valence electrons. The molecular weight excluding hydrogens is 327 g/mol. The largest absolute Gasteiger partial charge is 0.479 e. The van der Waals surface area contributed by atoms with E-state index in [1.165, 1.54) is 0 Å². The molecule has 0 bridgehead atoms. The Labute approximate surface area is 148 Å². The first kappa shape index (κ1) is 17.1. The lowest BCUT2D eigenvalue weighted by molar-refractivity contribution is -0.134. The Hall–Kier alpha value is -2.70. The van der Waals surface area contributed by atoms with E-state index >= 15 is 0 Å². The minimum atomic E-state index is -2.20. The monoisotopic (exact) mass is 347 g/mol. The van der Waals surface area contributed by atoms with Gasteiger partial charge in [0.05, 0.1) is 5.82 Å². The van der Waals surface area contributed by atoms with Crippen molar-refractivity contribution in [2.45, 2.75) is 0 Å². The van der Waals surface area contributed by atoms with Gasteiger partial charge in [-0.3, -0.25) is 0 Å². The second-order valence-corrected chi connectivity index (χ2v) is 9.20. The fourth-order valence-electron chi connectivity index (χ4n) is 2.94. The summed E-state index contributed by atoms with van der Waals surface area (Å²) in [4.78, 5) is 11.8. The minimum absolute atomic E-state index is 0.102. The molecule has 0 atom stereocenters. The van der Waals surface area contributed by atoms with E-state index in [9.17, 15) is 9.90 Å². The molecule has 3 aromatic carbocycles. The first-order valence-corrected chi connectivity index (χ1v) is 10.2. The summed E-state index contributed by atoms with van der Waals surface area (Å²) < 4.78 is 0. The van der Waals surface area contributed by atoms with E-state index in [1.54, 1.807) is 0 Å². The number of hydrogen-bond acceptors (Lipinski definition) is 1. The Morgan fingerprint density at radius 1 is 0.760 bits per heavy atom. The zero-order valence-corrected chi connectivity index (χ0v) is 14.7. The molecule has 0 radical (unpaired) electrons. The fraction of sp³-hybridized carbons (Fsp3) is 0.0455. The van der Waals surface area contributed by atoms with E-state index in [0.29, 0.717) is 0 Å². The van der Waals surface area contributed by atoms with Crippen molar-refractivity contribution in [3.8, 4) is 0 Å². The first-order chi connectivity index (χ1) is 12.2. The summed E-state index contributed by atoms with van der Waals surface area (Å²) in [5.74, 6) is 1.35. The summed E-state index contributed by atoms with van der Waals surface area (Å²) in [7, 11) is -2.20. The first-order valence-electron chi connectivity index (χ1n) is 8.16. The van der Waals surface area contributed by atoms with Crippen molar-refractivity contribution < 1.29 is 9.90 Å². The van der Waals surface area contributed by atoms with E-state index in [4.69, 9.17) is 0 Å². The number of carboxylic acid groups (broad SMARTS) is 1. The maximum absolute atomic E-state index is 11.8. The van der Waals surface area contributed by atoms with Crippen LogP contribution in [-0.4, -0.2) is 17.2 Å². The fourth-order valence-corrected chi connectivity index (χ4v) is 6.31. The van der Waals surface area contributed by atoms with Gasteiger partial charge in [0, 0.05) is 0 Å². The molecule has 0 aliphatic heterocycles. The van der Waals surface area contributed by atoms with Crippen LogP contribution in [0.5, 0.6) is 0 Å². The van der Waals surface area contributed by atoms with Crippen molar-refractivity contribution in [1.29, 1.82) is 0 Å². The molecule has 1 N–H and O–H groups in total. The quantitative estimate of drug-likeness (QED) is 0.671. The van der Waals surface area contributed by atoms with Crippen molar-refractivity contribution in [2.24, 2.45) is 0 Å². The molecule has 0 unspecified atom stereocenters. The van der Waals surface area contributed by atoms with Crippen molar-refractivity contribution in [3.63, 3.8) is 0 Å². The standard InChI is InChI=1S/C22H19O2P/c23-22(24)18-25(20-12-6-2-7-13-20,21-14-8-3-9-15-21)17-16-19-10-4-1-5-11-19/h1-17H,18H2/p+1. The molecule has 25 heavy (non-hydrogen) atoms. The summed E-state index contributed by atoms with van der Waals surface area (Å²) in [5.41, 5.74) is 1.07. The number of hydrogen-bond donors (Lipinski definition) is 1. The molecule has 0 aliphatic carbocycles. The van der Waals surface area contributed by atoms with Gasteiger partial charge in [-0.25, -0.2) is 4.79 Å². The number of rotatable bonds is 6. The van der Waals surface area contributed by atoms with Gasteiger partial charge in [0.2, 0.25) is 0 Å². The third-order valence-corrected chi connectivity index (χ3v) is 8.01. The van der Waals surface area contributed by atoms with Gasteiger partial charge < -0.3 is 5.11 Å². The zero-order valence-electron chi connectivity index (χ0n) is 13.8. The normalized spacial score (nSPS) is 11.5. The van der Waals surface area contributed by atoms with E-state index in [2.05, 4.69) is 11.9 Å². The average molecular weight is 347 g/mol. The van der Waals surface area contributed by atoms with Gasteiger partial charge in [0.15, 0.2) is 6.16 Å². The zero-order chi connectivity index (χ0) is 17.5. The van der Waals surface area contributed by atoms with Crippen LogP contribution in [0.25, 0.3) is 6.08 Å². The summed E-state index contributed by atoms with van der Waals surface area (Å²) in [6.45, 7) is 0. The second kappa shape index (κ2) is 7.92. The summed E-state index contributed by atoms with van der Waals surface area (Å²) in [6, 6.07) is 30.0. The van der Waals surface area contributed by atoms with Crippen LogP contribution in [0.15, 0.2) is 96.8 Å². The number of benzene rings is 3. The van der Waals surface area contributed by atoms with Crippen LogP contribution in [0.1, 0.15) is 5.56 Å². The molecule has 3 aromatic rings. The lowest BCUT2D eigenvalue weighted by Crippen LogP contribution is -2.26. The second-order valence-electron chi connectivity index (χ2n) is 5.82. The molecule has 0 aromatic heterocycles. The van der Waals surface area contributed by atoms with E-state index in [1.807, 2.05) is 91.0 Å². The SMILES string of the molecule is O=C(O)C[P+](C=Cc1ccccc1)(c1ccccc1)c1ccccc1. The minimum Gasteiger partial charge on any atom is -0.479 e. The molecule has 0 saturated heterocycles. The van der Waals surface area contributed by atoms with Crippen LogP contribution in [0.3, 0.4) is 0 Å². The smallest absolute Gasteiger partial charge is 0.342 e. The lowest BCUT2D eigenvalue weighted by atomic mass is 10.2. The highest BCUT2D eigenvalue weighted by Crippen LogP contribution is 2.58. The highest BCUT2D eigenvalue weighted by molar-refractivity contribution is 7.92. The van der Waals surface area contributed by atoms with Gasteiger partial charge in [-0.2, -0.15) is 0 Å².